The van der Waals surface area contributed by atoms with Crippen LogP contribution in [0.2, 0.25) is 0 Å². The summed E-state index contributed by atoms with van der Waals surface area (Å²) >= 11 is 0. The molecule has 0 aromatic rings. The van der Waals surface area contributed by atoms with Crippen LogP contribution in [-0.4, -0.2) is 82.8 Å². The van der Waals surface area contributed by atoms with E-state index in [9.17, 15) is 29.1 Å². The number of carboxylic acids is 1. The van der Waals surface area contributed by atoms with E-state index >= 15 is 0 Å². The van der Waals surface area contributed by atoms with Gasteiger partial charge in [-0.05, 0) is 6.42 Å². The van der Waals surface area contributed by atoms with E-state index in [1.807, 2.05) is 5.32 Å². The normalized spacial score (nSPS) is 13.8. The number of nitrogens with two attached hydrogens (primary N) is 2. The van der Waals surface area contributed by atoms with E-state index in [-0.39, 0.29) is 12.8 Å². The Labute approximate surface area is 148 Å². The van der Waals surface area contributed by atoms with Gasteiger partial charge in [0.2, 0.25) is 23.6 Å². The number of aliphatic hydroxyl groups excluding tert-OH is 2. The predicted molar refractivity (Wildman–Crippen MR) is 85.1 cm³/mol. The van der Waals surface area contributed by atoms with Gasteiger partial charge in [0.15, 0.2) is 0 Å². The minimum atomic E-state index is -1.48. The second kappa shape index (κ2) is 11.7. The van der Waals surface area contributed by atoms with Crippen molar-refractivity contribution in [2.75, 3.05) is 19.8 Å². The van der Waals surface area contributed by atoms with Crippen molar-refractivity contribution in [2.45, 2.75) is 31.0 Å². The van der Waals surface area contributed by atoms with Gasteiger partial charge in [-0.15, -0.1) is 0 Å². The molecule has 0 radical (unpaired) electrons. The van der Waals surface area contributed by atoms with Crippen molar-refractivity contribution < 1.29 is 39.3 Å². The first kappa shape index (κ1) is 23.2. The number of rotatable bonds is 12. The second-order valence-corrected chi connectivity index (χ2v) is 5.21. The number of amides is 4. The summed E-state index contributed by atoms with van der Waals surface area (Å²) in [5.41, 5.74) is 10.3. The van der Waals surface area contributed by atoms with Crippen molar-refractivity contribution >= 4 is 29.6 Å². The van der Waals surface area contributed by atoms with Crippen LogP contribution < -0.4 is 27.4 Å². The van der Waals surface area contributed by atoms with Gasteiger partial charge in [0.25, 0.3) is 0 Å². The maximum atomic E-state index is 12.2. The van der Waals surface area contributed by atoms with Crippen molar-refractivity contribution in [1.29, 1.82) is 0 Å². The Morgan fingerprint density at radius 2 is 1.46 bits per heavy atom. The number of aliphatic hydroxyl groups is 2. The maximum absolute atomic E-state index is 12.2. The summed E-state index contributed by atoms with van der Waals surface area (Å²) in [6.45, 7) is -2.25. The summed E-state index contributed by atoms with van der Waals surface area (Å²) in [4.78, 5) is 57.0. The molecule has 0 aliphatic rings. The van der Waals surface area contributed by atoms with Gasteiger partial charge in [0.05, 0.1) is 13.2 Å². The van der Waals surface area contributed by atoms with E-state index in [2.05, 4.69) is 10.6 Å². The molecule has 0 aliphatic carbocycles. The molecule has 0 heterocycles. The molecule has 0 aromatic heterocycles. The van der Waals surface area contributed by atoms with Crippen LogP contribution in [0.15, 0.2) is 0 Å². The number of aliphatic carboxylic acids is 1. The molecule has 13 nitrogen and oxygen atoms in total. The van der Waals surface area contributed by atoms with Crippen LogP contribution in [0, 0.1) is 0 Å². The molecule has 3 unspecified atom stereocenters. The van der Waals surface area contributed by atoms with Crippen LogP contribution in [0.25, 0.3) is 0 Å². The molecule has 148 valence electrons. The predicted octanol–water partition coefficient (Wildman–Crippen LogP) is -5.27. The summed E-state index contributed by atoms with van der Waals surface area (Å²) in [5, 5.41) is 32.8. The molecule has 0 rings (SSSR count). The minimum absolute atomic E-state index is 0.222. The number of nitrogens with one attached hydrogen (secondary N) is 3. The third-order valence-corrected chi connectivity index (χ3v) is 3.08. The fraction of sp³-hybridized carbons (Fsp3) is 0.615. The Morgan fingerprint density at radius 3 is 1.92 bits per heavy atom. The highest BCUT2D eigenvalue weighted by Gasteiger charge is 2.28. The topological polar surface area (TPSA) is 234 Å². The summed E-state index contributed by atoms with van der Waals surface area (Å²) in [6.07, 6.45) is -0.498. The first-order chi connectivity index (χ1) is 12.1. The van der Waals surface area contributed by atoms with Crippen molar-refractivity contribution in [3.63, 3.8) is 0 Å². The highest BCUT2D eigenvalue weighted by molar-refractivity contribution is 5.94. The molecule has 0 saturated heterocycles. The Kier molecular flexibility index (Phi) is 10.5. The fourth-order valence-corrected chi connectivity index (χ4v) is 1.67. The van der Waals surface area contributed by atoms with Crippen LogP contribution >= 0.6 is 0 Å². The third kappa shape index (κ3) is 8.91. The molecular weight excluding hydrogens is 354 g/mol. The van der Waals surface area contributed by atoms with E-state index < -0.39 is 67.5 Å². The number of hydrogen-bond donors (Lipinski definition) is 8. The zero-order valence-electron chi connectivity index (χ0n) is 13.8. The van der Waals surface area contributed by atoms with Gasteiger partial charge in [-0.2, -0.15) is 0 Å². The third-order valence-electron chi connectivity index (χ3n) is 3.08. The molecule has 3 atom stereocenters. The number of carboxylic acid groups (broad SMARTS) is 1. The van der Waals surface area contributed by atoms with Gasteiger partial charge in [-0.1, -0.05) is 0 Å². The van der Waals surface area contributed by atoms with E-state index in [1.54, 1.807) is 0 Å². The van der Waals surface area contributed by atoms with Crippen LogP contribution in [0.5, 0.6) is 0 Å². The molecule has 4 amide bonds. The second-order valence-electron chi connectivity index (χ2n) is 5.21. The monoisotopic (exact) mass is 377 g/mol. The number of carbonyl (C=O) groups is 5. The molecule has 26 heavy (non-hydrogen) atoms. The first-order valence-electron chi connectivity index (χ1n) is 7.48. The van der Waals surface area contributed by atoms with Crippen molar-refractivity contribution in [2.24, 2.45) is 11.5 Å². The summed E-state index contributed by atoms with van der Waals surface area (Å²) in [7, 11) is 0. The van der Waals surface area contributed by atoms with Gasteiger partial charge in [-0.3, -0.25) is 24.0 Å². The largest absolute Gasteiger partial charge is 0.480 e. The zero-order valence-corrected chi connectivity index (χ0v) is 13.8. The maximum Gasteiger partial charge on any atom is 0.322 e. The zero-order chi connectivity index (χ0) is 20.3. The Hall–Kier alpha value is -2.77. The van der Waals surface area contributed by atoms with Gasteiger partial charge in [-0.25, -0.2) is 0 Å². The summed E-state index contributed by atoms with van der Waals surface area (Å²) in [5.74, 6) is -4.86. The molecule has 0 aliphatic heterocycles. The lowest BCUT2D eigenvalue weighted by Gasteiger charge is -2.22. The number of carbonyl (C=O) groups excluding carboxylic acids is 4. The molecular formula is C13H23N5O8. The van der Waals surface area contributed by atoms with E-state index in [1.165, 1.54) is 0 Å². The van der Waals surface area contributed by atoms with Gasteiger partial charge in [0, 0.05) is 6.42 Å². The van der Waals surface area contributed by atoms with Crippen molar-refractivity contribution in [1.82, 2.24) is 16.0 Å². The SMILES string of the molecule is NC(=O)CCC(NC(=O)C(N)CO)C(=O)NC(CO)C(=O)NCC(=O)O. The number of hydrogen-bond acceptors (Lipinski definition) is 8. The van der Waals surface area contributed by atoms with Gasteiger partial charge >= 0.3 is 5.97 Å². The van der Waals surface area contributed by atoms with Crippen LogP contribution in [0.4, 0.5) is 0 Å². The first-order valence-corrected chi connectivity index (χ1v) is 7.48. The van der Waals surface area contributed by atoms with Crippen LogP contribution in [0.3, 0.4) is 0 Å². The average molecular weight is 377 g/mol. The smallest absolute Gasteiger partial charge is 0.322 e. The van der Waals surface area contributed by atoms with Crippen molar-refractivity contribution in [3.05, 3.63) is 0 Å². The standard InChI is InChI=1S/C13H23N5O8/c14-6(4-19)11(24)17-7(1-2-9(15)21)13(26)18-8(5-20)12(25)16-3-10(22)23/h6-8,19-20H,1-5,14H2,(H2,15,21)(H,16,25)(H,17,24)(H,18,26)(H,22,23). The molecule has 13 heteroatoms. The number of primary amides is 1. The lowest BCUT2D eigenvalue weighted by molar-refractivity contribution is -0.139. The fourth-order valence-electron chi connectivity index (χ4n) is 1.67. The van der Waals surface area contributed by atoms with Crippen LogP contribution in [-0.2, 0) is 24.0 Å². The quantitative estimate of drug-likeness (QED) is 0.162. The minimum Gasteiger partial charge on any atom is -0.480 e. The van der Waals surface area contributed by atoms with E-state index in [0.717, 1.165) is 0 Å². The summed E-state index contributed by atoms with van der Waals surface area (Å²) < 4.78 is 0. The molecule has 0 bridgehead atoms. The molecule has 0 spiro atoms. The molecule has 0 aromatic carbocycles. The highest BCUT2D eigenvalue weighted by Crippen LogP contribution is 2.00. The Morgan fingerprint density at radius 1 is 0.885 bits per heavy atom. The lowest BCUT2D eigenvalue weighted by atomic mass is 10.1. The van der Waals surface area contributed by atoms with Crippen LogP contribution in [0.1, 0.15) is 12.8 Å². The van der Waals surface area contributed by atoms with E-state index in [4.69, 9.17) is 21.7 Å². The Balaban J connectivity index is 5.00. The Bertz CT molecular complexity index is 541. The van der Waals surface area contributed by atoms with E-state index in [0.29, 0.717) is 0 Å². The van der Waals surface area contributed by atoms with Gasteiger partial charge in [0.1, 0.15) is 24.7 Å². The highest BCUT2D eigenvalue weighted by atomic mass is 16.4. The average Bonchev–Trinajstić information content (AvgIpc) is 2.59. The summed E-state index contributed by atoms with van der Waals surface area (Å²) in [6, 6.07) is -4.12. The van der Waals surface area contributed by atoms with Crippen molar-refractivity contribution in [3.8, 4) is 0 Å². The molecule has 10 N–H and O–H groups in total. The lowest BCUT2D eigenvalue weighted by Crippen LogP contribution is -2.57. The van der Waals surface area contributed by atoms with Gasteiger partial charge < -0.3 is 42.7 Å². The molecule has 0 saturated carbocycles. The molecule has 0 fully saturated rings.